The molecule has 35 heavy (non-hydrogen) atoms. The first-order chi connectivity index (χ1) is 17.0. The molecule has 1 N–H and O–H groups in total. The van der Waals surface area contributed by atoms with Gasteiger partial charge in [0.15, 0.2) is 0 Å². The average molecular weight is 535 g/mol. The van der Waals surface area contributed by atoms with Gasteiger partial charge in [0.25, 0.3) is 5.34 Å². The van der Waals surface area contributed by atoms with E-state index in [1.54, 1.807) is 0 Å². The number of carboxylic acids is 1. The summed E-state index contributed by atoms with van der Waals surface area (Å²) in [6.07, 6.45) is 21.1. The van der Waals surface area contributed by atoms with Crippen molar-refractivity contribution in [3.63, 3.8) is 0 Å². The van der Waals surface area contributed by atoms with Crippen LogP contribution in [0.2, 0.25) is 0 Å². The molecule has 0 bridgehead atoms. The van der Waals surface area contributed by atoms with Crippen LogP contribution in [0.25, 0.3) is 0 Å². The maximum absolute atomic E-state index is 11.8. The van der Waals surface area contributed by atoms with E-state index in [4.69, 9.17) is 9.47 Å². The monoisotopic (exact) mass is 534 g/mol. The van der Waals surface area contributed by atoms with E-state index in [1.807, 2.05) is 25.6 Å². The predicted octanol–water partition coefficient (Wildman–Crippen LogP) is 9.27. The zero-order valence-corrected chi connectivity index (χ0v) is 24.9. The van der Waals surface area contributed by atoms with Crippen molar-refractivity contribution in [3.05, 3.63) is 0 Å². The molecule has 0 heterocycles. The molecule has 5 nitrogen and oxygen atoms in total. The number of thioether (sulfide) groups is 1. The molecule has 3 unspecified atom stereocenters. The van der Waals surface area contributed by atoms with Gasteiger partial charge in [0, 0.05) is 11.9 Å². The Hall–Kier alpha value is -0.160. The highest BCUT2D eigenvalue weighted by Crippen LogP contribution is 2.30. The fourth-order valence-electron chi connectivity index (χ4n) is 4.11. The Kier molecular flexibility index (Phi) is 24.1. The van der Waals surface area contributed by atoms with E-state index in [0.29, 0.717) is 11.7 Å². The fraction of sp³-hybridized carbons (Fsp3) is 0.964. The molecule has 0 aromatic rings. The Morgan fingerprint density at radius 1 is 0.829 bits per heavy atom. The minimum atomic E-state index is -1.81. The average Bonchev–Trinajstić information content (AvgIpc) is 2.85. The van der Waals surface area contributed by atoms with Gasteiger partial charge in [-0.05, 0) is 31.9 Å². The largest absolute Gasteiger partial charge is 0.478 e. The fourth-order valence-corrected chi connectivity index (χ4v) is 5.81. The lowest BCUT2D eigenvalue weighted by molar-refractivity contribution is -0.162. The molecule has 0 fully saturated rings. The predicted molar refractivity (Wildman–Crippen MR) is 151 cm³/mol. The molecule has 0 saturated carbocycles. The molecule has 0 aromatic carbocycles. The molecular formula is C28H55O5PS. The third-order valence-corrected chi connectivity index (χ3v) is 8.83. The smallest absolute Gasteiger partial charge is 0.350 e. The first-order valence-electron chi connectivity index (χ1n) is 14.4. The highest BCUT2D eigenvalue weighted by molar-refractivity contribution is 7.99. The molecule has 0 aliphatic heterocycles. The summed E-state index contributed by atoms with van der Waals surface area (Å²) < 4.78 is 23.2. The van der Waals surface area contributed by atoms with Crippen molar-refractivity contribution in [1.82, 2.24) is 0 Å². The second kappa shape index (κ2) is 24.2. The Bertz CT molecular complexity index is 508. The van der Waals surface area contributed by atoms with Crippen LogP contribution < -0.4 is 0 Å². The van der Waals surface area contributed by atoms with E-state index in [-0.39, 0.29) is 19.3 Å². The molecule has 0 aromatic heterocycles. The van der Waals surface area contributed by atoms with Crippen LogP contribution >= 0.6 is 20.2 Å². The lowest BCUT2D eigenvalue weighted by atomic mass is 10.1. The Balaban J connectivity index is 4.63. The normalized spacial score (nSPS) is 15.2. The SMILES string of the molecule is CCCCCCCCCCSC(CCCCCCCCC)C(C)OCC(OCCC)(P=O)C(=O)O. The maximum atomic E-state index is 11.8. The summed E-state index contributed by atoms with van der Waals surface area (Å²) in [6.45, 7) is 8.48. The third kappa shape index (κ3) is 17.8. The van der Waals surface area contributed by atoms with Gasteiger partial charge in [-0.2, -0.15) is 11.8 Å². The van der Waals surface area contributed by atoms with Crippen LogP contribution in [0.15, 0.2) is 0 Å². The molecule has 0 rings (SSSR count). The van der Waals surface area contributed by atoms with Gasteiger partial charge >= 0.3 is 5.97 Å². The van der Waals surface area contributed by atoms with Crippen molar-refractivity contribution in [1.29, 1.82) is 0 Å². The minimum absolute atomic E-state index is 0.111. The second-order valence-electron chi connectivity index (χ2n) is 9.84. The van der Waals surface area contributed by atoms with Crippen LogP contribution in [-0.2, 0) is 18.8 Å². The third-order valence-electron chi connectivity index (χ3n) is 6.51. The Morgan fingerprint density at radius 3 is 1.83 bits per heavy atom. The van der Waals surface area contributed by atoms with Gasteiger partial charge in [-0.3, -0.25) is 4.57 Å². The van der Waals surface area contributed by atoms with E-state index in [9.17, 15) is 14.5 Å². The highest BCUT2D eigenvalue weighted by atomic mass is 32.2. The number of rotatable bonds is 27. The summed E-state index contributed by atoms with van der Waals surface area (Å²) in [5, 5.41) is 8.15. The van der Waals surface area contributed by atoms with Crippen LogP contribution in [0.1, 0.15) is 137 Å². The van der Waals surface area contributed by atoms with E-state index < -0.39 is 19.8 Å². The van der Waals surface area contributed by atoms with Gasteiger partial charge in [-0.25, -0.2) is 4.79 Å². The summed E-state index contributed by atoms with van der Waals surface area (Å²) in [4.78, 5) is 11.8. The molecule has 7 heteroatoms. The first-order valence-corrected chi connectivity index (χ1v) is 16.3. The number of aliphatic carboxylic acids is 1. The molecule has 208 valence electrons. The van der Waals surface area contributed by atoms with Crippen LogP contribution in [0.3, 0.4) is 0 Å². The molecule has 0 radical (unpaired) electrons. The summed E-state index contributed by atoms with van der Waals surface area (Å²) in [5.41, 5.74) is 0. The zero-order valence-electron chi connectivity index (χ0n) is 23.2. The van der Waals surface area contributed by atoms with Crippen molar-refractivity contribution in [2.45, 2.75) is 154 Å². The molecule has 0 amide bonds. The Morgan fingerprint density at radius 2 is 1.34 bits per heavy atom. The van der Waals surface area contributed by atoms with Crippen LogP contribution in [0.5, 0.6) is 0 Å². The van der Waals surface area contributed by atoms with Crippen LogP contribution in [0.4, 0.5) is 0 Å². The number of hydrogen-bond donors (Lipinski definition) is 1. The highest BCUT2D eigenvalue weighted by Gasteiger charge is 2.42. The van der Waals surface area contributed by atoms with E-state index in [1.165, 1.54) is 96.3 Å². The van der Waals surface area contributed by atoms with Crippen molar-refractivity contribution in [3.8, 4) is 0 Å². The topological polar surface area (TPSA) is 72.8 Å². The molecule has 3 atom stereocenters. The molecule has 0 aliphatic carbocycles. The van der Waals surface area contributed by atoms with Crippen molar-refractivity contribution < 1.29 is 23.9 Å². The zero-order chi connectivity index (χ0) is 26.2. The van der Waals surface area contributed by atoms with Crippen molar-refractivity contribution >= 4 is 26.2 Å². The number of unbranched alkanes of at least 4 members (excludes halogenated alkanes) is 13. The number of ether oxygens (including phenoxy) is 2. The summed E-state index contributed by atoms with van der Waals surface area (Å²) >= 11 is 1.96. The lowest BCUT2D eigenvalue weighted by Gasteiger charge is -2.28. The van der Waals surface area contributed by atoms with Gasteiger partial charge in [-0.1, -0.05) is 111 Å². The van der Waals surface area contributed by atoms with Gasteiger partial charge < -0.3 is 14.6 Å². The summed E-state index contributed by atoms with van der Waals surface area (Å²) in [7, 11) is -0.560. The van der Waals surface area contributed by atoms with E-state index in [2.05, 4.69) is 13.8 Å². The van der Waals surface area contributed by atoms with Crippen molar-refractivity contribution in [2.24, 2.45) is 0 Å². The van der Waals surface area contributed by atoms with Gasteiger partial charge in [0.05, 0.1) is 12.7 Å². The molecular weight excluding hydrogens is 479 g/mol. The Labute approximate surface area is 222 Å². The quantitative estimate of drug-likeness (QED) is 0.0836. The molecule has 0 saturated heterocycles. The molecule has 0 spiro atoms. The maximum Gasteiger partial charge on any atom is 0.350 e. The number of hydrogen-bond acceptors (Lipinski definition) is 5. The minimum Gasteiger partial charge on any atom is -0.478 e. The number of carboxylic acid groups (broad SMARTS) is 1. The molecule has 0 aliphatic rings. The number of carbonyl (C=O) groups is 1. The van der Waals surface area contributed by atoms with Crippen molar-refractivity contribution in [2.75, 3.05) is 19.0 Å². The van der Waals surface area contributed by atoms with Gasteiger partial charge in [-0.15, -0.1) is 0 Å². The van der Waals surface area contributed by atoms with Gasteiger partial charge in [0.1, 0.15) is 0 Å². The van der Waals surface area contributed by atoms with E-state index >= 15 is 0 Å². The lowest BCUT2D eigenvalue weighted by Crippen LogP contribution is -2.43. The standard InChI is InChI=1S/C28H55O5PS/c1-5-8-10-12-14-16-18-20-23-35-26(21-19-17-15-13-11-9-6-2)25(4)32-24-28(34-31,27(29)30)33-22-7-3/h25-26H,5-24H2,1-4H3,(H,29,30). The summed E-state index contributed by atoms with van der Waals surface area (Å²) in [6, 6.07) is 0. The first kappa shape index (κ1) is 34.8. The second-order valence-corrected chi connectivity index (χ2v) is 12.1. The van der Waals surface area contributed by atoms with E-state index in [0.717, 1.165) is 12.2 Å². The van der Waals surface area contributed by atoms with Gasteiger partial charge in [0.2, 0.25) is 8.46 Å². The van der Waals surface area contributed by atoms with Crippen LogP contribution in [-0.4, -0.2) is 46.7 Å². The summed E-state index contributed by atoms with van der Waals surface area (Å²) in [5.74, 6) is -0.120. The van der Waals surface area contributed by atoms with Crippen LogP contribution in [0, 0.1) is 0 Å².